The normalized spacial score (nSPS) is 13.8. The predicted octanol–water partition coefficient (Wildman–Crippen LogP) is 3.38. The first-order valence-corrected chi connectivity index (χ1v) is 11.0. The fourth-order valence-corrected chi connectivity index (χ4v) is 4.80. The summed E-state index contributed by atoms with van der Waals surface area (Å²) in [4.78, 5) is 34.4. The maximum absolute atomic E-state index is 13.2. The molecule has 9 heteroatoms. The summed E-state index contributed by atoms with van der Waals surface area (Å²) in [7, 11) is 1.68. The molecule has 0 bridgehead atoms. The van der Waals surface area contributed by atoms with Gasteiger partial charge in [-0.1, -0.05) is 29.5 Å². The van der Waals surface area contributed by atoms with Gasteiger partial charge in [-0.25, -0.2) is 9.67 Å². The van der Waals surface area contributed by atoms with Crippen molar-refractivity contribution in [2.24, 2.45) is 0 Å². The van der Waals surface area contributed by atoms with Gasteiger partial charge in [0.25, 0.3) is 5.56 Å². The fraction of sp³-hybridized carbons (Fsp3) is 0.273. The molecular weight excluding hydrogens is 414 g/mol. The van der Waals surface area contributed by atoms with Crippen LogP contribution in [0.2, 0.25) is 0 Å². The van der Waals surface area contributed by atoms with Crippen molar-refractivity contribution in [1.29, 1.82) is 0 Å². The Morgan fingerprint density at radius 1 is 1.16 bits per heavy atom. The maximum Gasteiger partial charge on any atom is 0.294 e. The molecule has 1 aromatic carbocycles. The van der Waals surface area contributed by atoms with Gasteiger partial charge in [-0.3, -0.25) is 9.59 Å². The van der Waals surface area contributed by atoms with Crippen LogP contribution in [0.3, 0.4) is 0 Å². The molecule has 158 valence electrons. The lowest BCUT2D eigenvalue weighted by molar-refractivity contribution is -0.119. The zero-order chi connectivity index (χ0) is 21.4. The number of hydrogen-bond acceptors (Lipinski definition) is 7. The van der Waals surface area contributed by atoms with E-state index in [4.69, 9.17) is 4.42 Å². The summed E-state index contributed by atoms with van der Waals surface area (Å²) < 4.78 is 7.44. The topological polar surface area (TPSA) is 84.5 Å². The number of anilines is 2. The molecule has 0 spiro atoms. The molecule has 0 aliphatic carbocycles. The highest BCUT2D eigenvalue weighted by Crippen LogP contribution is 2.35. The molecule has 4 aromatic rings. The Morgan fingerprint density at radius 2 is 1.94 bits per heavy atom. The zero-order valence-corrected chi connectivity index (χ0v) is 17.8. The molecule has 0 radical (unpaired) electrons. The van der Waals surface area contributed by atoms with Gasteiger partial charge in [0, 0.05) is 25.8 Å². The molecule has 5 rings (SSSR count). The minimum absolute atomic E-state index is 0.190. The van der Waals surface area contributed by atoms with Gasteiger partial charge in [0.15, 0.2) is 16.4 Å². The third-order valence-electron chi connectivity index (χ3n) is 5.42. The molecule has 0 unspecified atom stereocenters. The molecular formula is C22H21N5O3S. The van der Waals surface area contributed by atoms with Crippen molar-refractivity contribution in [1.82, 2.24) is 14.8 Å². The molecule has 0 atom stereocenters. The molecule has 8 nitrogen and oxygen atoms in total. The number of carbonyl (C=O) groups excluding carboxylic acids is 1. The van der Waals surface area contributed by atoms with Gasteiger partial charge >= 0.3 is 0 Å². The Labute approximate surface area is 182 Å². The smallest absolute Gasteiger partial charge is 0.294 e. The number of para-hydroxylation sites is 1. The van der Waals surface area contributed by atoms with E-state index in [0.29, 0.717) is 21.7 Å². The second-order valence-corrected chi connectivity index (χ2v) is 8.42. The van der Waals surface area contributed by atoms with E-state index >= 15 is 0 Å². The predicted molar refractivity (Wildman–Crippen MR) is 121 cm³/mol. The first kappa shape index (κ1) is 19.5. The summed E-state index contributed by atoms with van der Waals surface area (Å²) in [5.41, 5.74) is 1.22. The van der Waals surface area contributed by atoms with Crippen LogP contribution in [-0.4, -0.2) is 40.8 Å². The molecule has 0 N–H and O–H groups in total. The van der Waals surface area contributed by atoms with Gasteiger partial charge in [-0.15, -0.1) is 0 Å². The van der Waals surface area contributed by atoms with Crippen LogP contribution in [0, 0.1) is 0 Å². The fourth-order valence-electron chi connectivity index (χ4n) is 3.70. The molecule has 1 amide bonds. The van der Waals surface area contributed by atoms with Crippen LogP contribution in [0.4, 0.5) is 10.8 Å². The number of aromatic nitrogens is 3. The SMILES string of the molecule is CN(C(=O)Cn1nc(-c2ccco2)c2sc(N3CCCC3)nc2c1=O)c1ccccc1. The van der Waals surface area contributed by atoms with Crippen LogP contribution in [-0.2, 0) is 11.3 Å². The van der Waals surface area contributed by atoms with Crippen molar-refractivity contribution in [2.75, 3.05) is 29.9 Å². The average Bonchev–Trinajstić information content (AvgIpc) is 3.56. The van der Waals surface area contributed by atoms with E-state index in [9.17, 15) is 9.59 Å². The van der Waals surface area contributed by atoms with Crippen molar-refractivity contribution >= 4 is 38.3 Å². The van der Waals surface area contributed by atoms with E-state index in [0.717, 1.165) is 36.8 Å². The van der Waals surface area contributed by atoms with Crippen LogP contribution < -0.4 is 15.4 Å². The van der Waals surface area contributed by atoms with E-state index in [-0.39, 0.29) is 18.0 Å². The number of thiazole rings is 1. The monoisotopic (exact) mass is 435 g/mol. The lowest BCUT2D eigenvalue weighted by Gasteiger charge is -2.17. The summed E-state index contributed by atoms with van der Waals surface area (Å²) in [6.07, 6.45) is 3.79. The van der Waals surface area contributed by atoms with Crippen LogP contribution in [0.15, 0.2) is 57.9 Å². The van der Waals surface area contributed by atoms with Crippen LogP contribution in [0.5, 0.6) is 0 Å². The first-order valence-electron chi connectivity index (χ1n) is 10.1. The van der Waals surface area contributed by atoms with Crippen LogP contribution >= 0.6 is 11.3 Å². The zero-order valence-electron chi connectivity index (χ0n) is 17.0. The quantitative estimate of drug-likeness (QED) is 0.478. The van der Waals surface area contributed by atoms with Crippen molar-refractivity contribution in [3.63, 3.8) is 0 Å². The maximum atomic E-state index is 13.2. The van der Waals surface area contributed by atoms with E-state index in [1.165, 1.54) is 20.9 Å². The number of benzene rings is 1. The molecule has 3 aromatic heterocycles. The summed E-state index contributed by atoms with van der Waals surface area (Å²) in [6, 6.07) is 12.9. The molecule has 1 fully saturated rings. The highest BCUT2D eigenvalue weighted by Gasteiger charge is 2.24. The number of likely N-dealkylation sites (N-methyl/N-ethyl adjacent to an activating group) is 1. The van der Waals surface area contributed by atoms with E-state index in [1.807, 2.05) is 30.3 Å². The Kier molecular flexibility index (Phi) is 5.03. The van der Waals surface area contributed by atoms with Gasteiger partial charge < -0.3 is 14.2 Å². The summed E-state index contributed by atoms with van der Waals surface area (Å²) >= 11 is 1.45. The number of amides is 1. The lowest BCUT2D eigenvalue weighted by atomic mass is 10.3. The van der Waals surface area contributed by atoms with Gasteiger partial charge in [-0.05, 0) is 37.1 Å². The molecule has 1 saturated heterocycles. The first-order chi connectivity index (χ1) is 15.1. The largest absolute Gasteiger partial charge is 0.463 e. The Bertz CT molecular complexity index is 1270. The Morgan fingerprint density at radius 3 is 2.65 bits per heavy atom. The molecule has 0 saturated carbocycles. The minimum atomic E-state index is -0.373. The average molecular weight is 436 g/mol. The van der Waals surface area contributed by atoms with E-state index in [2.05, 4.69) is 15.0 Å². The number of rotatable bonds is 5. The van der Waals surface area contributed by atoms with Crippen LogP contribution in [0.25, 0.3) is 21.7 Å². The second kappa shape index (κ2) is 7.99. The molecule has 1 aliphatic heterocycles. The second-order valence-electron chi connectivity index (χ2n) is 7.45. The molecule has 1 aliphatic rings. The van der Waals surface area contributed by atoms with Gasteiger partial charge in [0.1, 0.15) is 12.2 Å². The minimum Gasteiger partial charge on any atom is -0.463 e. The number of fused-ring (bicyclic) bond motifs is 1. The highest BCUT2D eigenvalue weighted by molar-refractivity contribution is 7.22. The van der Waals surface area contributed by atoms with Crippen molar-refractivity contribution < 1.29 is 9.21 Å². The third-order valence-corrected chi connectivity index (χ3v) is 6.55. The number of nitrogens with zero attached hydrogens (tertiary/aromatic N) is 5. The van der Waals surface area contributed by atoms with E-state index in [1.54, 1.807) is 25.4 Å². The summed E-state index contributed by atoms with van der Waals surface area (Å²) in [5, 5.41) is 5.32. The summed E-state index contributed by atoms with van der Waals surface area (Å²) in [5.74, 6) is 0.291. The third kappa shape index (κ3) is 3.61. The number of carbonyl (C=O) groups is 1. The van der Waals surface area contributed by atoms with Crippen molar-refractivity contribution in [2.45, 2.75) is 19.4 Å². The van der Waals surface area contributed by atoms with E-state index < -0.39 is 0 Å². The molecule has 4 heterocycles. The number of hydrogen-bond donors (Lipinski definition) is 0. The number of furan rings is 1. The van der Waals surface area contributed by atoms with Gasteiger partial charge in [-0.2, -0.15) is 5.10 Å². The standard InChI is InChI=1S/C22H21N5O3S/c1-25(15-8-3-2-4-9-15)17(28)14-27-21(29)19-20(18(24-27)16-10-7-13-30-16)31-22(23-19)26-11-5-6-12-26/h2-4,7-10,13H,5-6,11-12,14H2,1H3. The van der Waals surface area contributed by atoms with Crippen molar-refractivity contribution in [3.8, 4) is 11.5 Å². The Hall–Kier alpha value is -3.46. The summed E-state index contributed by atoms with van der Waals surface area (Å²) in [6.45, 7) is 1.67. The highest BCUT2D eigenvalue weighted by atomic mass is 32.1. The molecule has 31 heavy (non-hydrogen) atoms. The van der Waals surface area contributed by atoms with Crippen LogP contribution in [0.1, 0.15) is 12.8 Å². The Balaban J connectivity index is 1.57. The van der Waals surface area contributed by atoms with Gasteiger partial charge in [0.2, 0.25) is 5.91 Å². The van der Waals surface area contributed by atoms with Gasteiger partial charge in [0.05, 0.1) is 11.0 Å². The lowest BCUT2D eigenvalue weighted by Crippen LogP contribution is -2.35. The van der Waals surface area contributed by atoms with Crippen molar-refractivity contribution in [3.05, 3.63) is 59.1 Å².